The maximum absolute atomic E-state index is 12.3. The molecule has 4 nitrogen and oxygen atoms in total. The lowest BCUT2D eigenvalue weighted by molar-refractivity contribution is -0.529. The molecular formula is C10H13Br2NO3. The minimum absolute atomic E-state index is 0.230. The van der Waals surface area contributed by atoms with Crippen LogP contribution in [0.1, 0.15) is 26.7 Å². The number of Topliss-reactive ketones (excluding diaryl/α,β-unsaturated/α-hetero) is 1. The molecule has 90 valence electrons. The van der Waals surface area contributed by atoms with Crippen LogP contribution in [0.3, 0.4) is 0 Å². The quantitative estimate of drug-likeness (QED) is 0.331. The molecule has 0 heterocycles. The van der Waals surface area contributed by atoms with Gasteiger partial charge >= 0.3 is 4.45 Å². The summed E-state index contributed by atoms with van der Waals surface area (Å²) >= 11 is 6.54. The predicted octanol–water partition coefficient (Wildman–Crippen LogP) is 2.75. The fourth-order valence-electron chi connectivity index (χ4n) is 3.40. The summed E-state index contributed by atoms with van der Waals surface area (Å²) in [5.41, 5.74) is -0.918. The SMILES string of the molecule is C[C@@]12CC[C@@H]([C@](Br)([N+](=O)[O-])C1=O)[C@@]2(C)CBr. The Morgan fingerprint density at radius 3 is 2.44 bits per heavy atom. The lowest BCUT2D eigenvalue weighted by atomic mass is 9.70. The van der Waals surface area contributed by atoms with Crippen LogP contribution in [-0.2, 0) is 4.79 Å². The Morgan fingerprint density at radius 2 is 2.12 bits per heavy atom. The van der Waals surface area contributed by atoms with E-state index in [1.807, 2.05) is 13.8 Å². The Bertz CT molecular complexity index is 388. The third kappa shape index (κ3) is 1.03. The van der Waals surface area contributed by atoms with Crippen LogP contribution in [-0.4, -0.2) is 20.5 Å². The summed E-state index contributed by atoms with van der Waals surface area (Å²) in [4.78, 5) is 23.1. The highest BCUT2D eigenvalue weighted by atomic mass is 79.9. The topological polar surface area (TPSA) is 60.2 Å². The van der Waals surface area contributed by atoms with Crippen molar-refractivity contribution in [3.8, 4) is 0 Å². The maximum Gasteiger partial charge on any atom is 0.335 e. The number of ketones is 1. The van der Waals surface area contributed by atoms with Gasteiger partial charge in [-0.25, -0.2) is 0 Å². The number of rotatable bonds is 2. The monoisotopic (exact) mass is 353 g/mol. The van der Waals surface area contributed by atoms with Crippen molar-refractivity contribution in [1.82, 2.24) is 0 Å². The van der Waals surface area contributed by atoms with Gasteiger partial charge in [-0.05, 0) is 12.8 Å². The van der Waals surface area contributed by atoms with Crippen molar-refractivity contribution >= 4 is 37.6 Å². The molecular weight excluding hydrogens is 342 g/mol. The number of hydrogen-bond acceptors (Lipinski definition) is 3. The van der Waals surface area contributed by atoms with Crippen molar-refractivity contribution in [3.63, 3.8) is 0 Å². The van der Waals surface area contributed by atoms with Crippen molar-refractivity contribution in [2.45, 2.75) is 31.1 Å². The highest BCUT2D eigenvalue weighted by Crippen LogP contribution is 2.69. The van der Waals surface area contributed by atoms with Crippen LogP contribution < -0.4 is 0 Å². The Kier molecular flexibility index (Phi) is 2.56. The largest absolute Gasteiger partial charge is 0.335 e. The molecule has 0 N–H and O–H groups in total. The molecule has 0 aliphatic heterocycles. The van der Waals surface area contributed by atoms with Crippen molar-refractivity contribution in [2.75, 3.05) is 5.33 Å². The number of nitrogens with zero attached hydrogens (tertiary/aromatic N) is 1. The summed E-state index contributed by atoms with van der Waals surface area (Å²) in [6, 6.07) is 0. The molecule has 6 heteroatoms. The number of halogens is 2. The van der Waals surface area contributed by atoms with Crippen molar-refractivity contribution in [1.29, 1.82) is 0 Å². The number of nitro groups is 1. The highest BCUT2D eigenvalue weighted by Gasteiger charge is 2.79. The molecule has 0 spiro atoms. The van der Waals surface area contributed by atoms with E-state index in [0.29, 0.717) is 5.33 Å². The molecule has 2 fully saturated rings. The van der Waals surface area contributed by atoms with Gasteiger partial charge in [-0.1, -0.05) is 29.8 Å². The number of carbonyl (C=O) groups is 1. The summed E-state index contributed by atoms with van der Waals surface area (Å²) in [6.45, 7) is 3.84. The summed E-state index contributed by atoms with van der Waals surface area (Å²) in [6.07, 6.45) is 1.48. The number of alkyl halides is 2. The van der Waals surface area contributed by atoms with Gasteiger partial charge in [0.05, 0.1) is 5.92 Å². The average molecular weight is 355 g/mol. The van der Waals surface area contributed by atoms with Crippen LogP contribution in [0.25, 0.3) is 0 Å². The van der Waals surface area contributed by atoms with E-state index in [1.165, 1.54) is 0 Å². The van der Waals surface area contributed by atoms with Crippen LogP contribution >= 0.6 is 31.9 Å². The Balaban J connectivity index is 2.61. The van der Waals surface area contributed by atoms with Gasteiger partial charge in [-0.15, -0.1) is 0 Å². The molecule has 16 heavy (non-hydrogen) atoms. The molecule has 2 saturated carbocycles. The number of hydrogen-bond donors (Lipinski definition) is 0. The third-order valence-corrected chi connectivity index (χ3v) is 7.15. The van der Waals surface area contributed by atoms with Crippen LogP contribution in [0.4, 0.5) is 0 Å². The minimum atomic E-state index is -1.57. The van der Waals surface area contributed by atoms with Gasteiger partial charge in [0.2, 0.25) is 5.78 Å². The molecule has 4 atom stereocenters. The first-order valence-electron chi connectivity index (χ1n) is 5.19. The number of carbonyl (C=O) groups excluding carboxylic acids is 1. The van der Waals surface area contributed by atoms with E-state index in [4.69, 9.17) is 0 Å². The van der Waals surface area contributed by atoms with E-state index < -0.39 is 14.8 Å². The zero-order chi connectivity index (χ0) is 12.4. The Hall–Kier alpha value is 0.0300. The normalized spacial score (nSPS) is 51.0. The summed E-state index contributed by atoms with van der Waals surface area (Å²) in [7, 11) is 0. The zero-order valence-corrected chi connectivity index (χ0v) is 12.3. The molecule has 2 aliphatic carbocycles. The molecule has 0 radical (unpaired) electrons. The average Bonchev–Trinajstić information content (AvgIpc) is 2.56. The van der Waals surface area contributed by atoms with Gasteiger partial charge in [-0.3, -0.25) is 14.9 Å². The highest BCUT2D eigenvalue weighted by molar-refractivity contribution is 9.10. The van der Waals surface area contributed by atoms with Gasteiger partial charge in [0.25, 0.3) is 0 Å². The smallest absolute Gasteiger partial charge is 0.290 e. The fourth-order valence-corrected chi connectivity index (χ4v) is 5.59. The van der Waals surface area contributed by atoms with E-state index in [2.05, 4.69) is 31.9 Å². The van der Waals surface area contributed by atoms with Crippen molar-refractivity contribution in [3.05, 3.63) is 10.1 Å². The first kappa shape index (κ1) is 12.5. The summed E-state index contributed by atoms with van der Waals surface area (Å²) in [5, 5.41) is 11.8. The van der Waals surface area contributed by atoms with Gasteiger partial charge in [0.1, 0.15) is 0 Å². The molecule has 0 aromatic rings. The van der Waals surface area contributed by atoms with Crippen LogP contribution in [0.2, 0.25) is 0 Å². The van der Waals surface area contributed by atoms with E-state index in [0.717, 1.165) is 12.8 Å². The molecule has 0 amide bonds. The third-order valence-electron chi connectivity index (χ3n) is 4.79. The van der Waals surface area contributed by atoms with Crippen LogP contribution in [0, 0.1) is 26.9 Å². The fraction of sp³-hybridized carbons (Fsp3) is 0.900. The van der Waals surface area contributed by atoms with E-state index >= 15 is 0 Å². The predicted molar refractivity (Wildman–Crippen MR) is 66.4 cm³/mol. The van der Waals surface area contributed by atoms with Gasteiger partial charge in [0.15, 0.2) is 0 Å². The van der Waals surface area contributed by atoms with E-state index in [9.17, 15) is 14.9 Å². The van der Waals surface area contributed by atoms with E-state index in [1.54, 1.807) is 0 Å². The Morgan fingerprint density at radius 1 is 1.56 bits per heavy atom. The van der Waals surface area contributed by atoms with E-state index in [-0.39, 0.29) is 17.1 Å². The summed E-state index contributed by atoms with van der Waals surface area (Å²) < 4.78 is -1.57. The second-order valence-electron chi connectivity index (χ2n) is 5.23. The second kappa shape index (κ2) is 3.28. The number of fused-ring (bicyclic) bond motifs is 2. The molecule has 2 aliphatic rings. The molecule has 0 aromatic carbocycles. The van der Waals surface area contributed by atoms with Crippen LogP contribution in [0.5, 0.6) is 0 Å². The molecule has 0 aromatic heterocycles. The minimum Gasteiger partial charge on any atom is -0.290 e. The lowest BCUT2D eigenvalue weighted by Gasteiger charge is -2.33. The lowest BCUT2D eigenvalue weighted by Crippen LogP contribution is -2.47. The molecule has 2 bridgehead atoms. The van der Waals surface area contributed by atoms with Crippen LogP contribution in [0.15, 0.2) is 0 Å². The molecule has 0 saturated heterocycles. The first-order valence-corrected chi connectivity index (χ1v) is 7.11. The van der Waals surface area contributed by atoms with Gasteiger partial charge in [0, 0.05) is 37.0 Å². The van der Waals surface area contributed by atoms with Crippen molar-refractivity contribution < 1.29 is 9.72 Å². The second-order valence-corrected chi connectivity index (χ2v) is 7.00. The maximum atomic E-state index is 12.3. The molecule has 2 rings (SSSR count). The van der Waals surface area contributed by atoms with Gasteiger partial charge in [-0.2, -0.15) is 0 Å². The molecule has 0 unspecified atom stereocenters. The first-order chi connectivity index (χ1) is 7.25. The van der Waals surface area contributed by atoms with Crippen molar-refractivity contribution in [2.24, 2.45) is 16.7 Å². The Labute approximate surface area is 111 Å². The standard InChI is InChI=1S/C10H13Br2NO3/c1-8-4-3-6(9(8,2)5-11)10(12,7(8)14)13(15)16/h6H,3-5H2,1-2H3/t6-,8-,9-,10+/m1/s1. The van der Waals surface area contributed by atoms with Gasteiger partial charge < -0.3 is 0 Å². The zero-order valence-electron chi connectivity index (χ0n) is 9.13. The summed E-state index contributed by atoms with van der Waals surface area (Å²) in [5.74, 6) is -0.491.